The zero-order chi connectivity index (χ0) is 50.1. The second-order valence-corrected chi connectivity index (χ2v) is 15.3. The molecule has 1 fully saturated rings. The van der Waals surface area contributed by atoms with Gasteiger partial charge in [-0.1, -0.05) is 0 Å². The molecule has 29 nitrogen and oxygen atoms in total. The molecule has 0 saturated carbocycles. The lowest BCUT2D eigenvalue weighted by atomic mass is 10.1. The molecule has 31 heteroatoms. The highest BCUT2D eigenvalue weighted by Crippen LogP contribution is 2.18. The van der Waals surface area contributed by atoms with Crippen LogP contribution in [0.3, 0.4) is 0 Å². The third kappa shape index (κ3) is 21.8. The summed E-state index contributed by atoms with van der Waals surface area (Å²) < 4.78 is 0. The van der Waals surface area contributed by atoms with Gasteiger partial charge >= 0.3 is 11.9 Å². The molecule has 0 bridgehead atoms. The Hall–Kier alpha value is -6.63. The lowest BCUT2D eigenvalue weighted by molar-refractivity contribution is -0.144. The van der Waals surface area contributed by atoms with Gasteiger partial charge in [-0.2, -0.15) is 25.3 Å². The predicted molar refractivity (Wildman–Crippen MR) is 240 cm³/mol. The lowest BCUT2D eigenvalue weighted by Crippen LogP contribution is -2.58. The molecule has 370 valence electrons. The van der Waals surface area contributed by atoms with E-state index < -0.39 is 133 Å². The number of thiol groups is 2. The van der Waals surface area contributed by atoms with E-state index >= 15 is 0 Å². The molecule has 1 aliphatic rings. The summed E-state index contributed by atoms with van der Waals surface area (Å²) >= 11 is 7.80. The summed E-state index contributed by atoms with van der Waals surface area (Å²) in [6.07, 6.45) is -1.20. The zero-order valence-electron chi connectivity index (χ0n) is 35.7. The maximum absolute atomic E-state index is 13.5. The molecule has 0 unspecified atom stereocenters. The average Bonchev–Trinajstić information content (AvgIpc) is 3.75. The molecule has 1 saturated heterocycles. The first-order chi connectivity index (χ1) is 31.0. The molecule has 1 heterocycles. The number of aliphatic imine (C=N–C) groups is 2. The summed E-state index contributed by atoms with van der Waals surface area (Å²) in [5, 5.41) is 34.6. The van der Waals surface area contributed by atoms with E-state index in [1.165, 1.54) is 0 Å². The van der Waals surface area contributed by atoms with E-state index in [-0.39, 0.29) is 81.6 Å². The number of aliphatic carboxylic acids is 2. The molecule has 0 aromatic rings. The van der Waals surface area contributed by atoms with Gasteiger partial charge in [0.15, 0.2) is 11.9 Å². The third-order valence-corrected chi connectivity index (χ3v) is 10.0. The number of carbonyl (C=O) groups excluding carboxylic acids is 9. The van der Waals surface area contributed by atoms with Crippen LogP contribution in [0.25, 0.3) is 0 Å². The van der Waals surface area contributed by atoms with E-state index in [9.17, 15) is 63.0 Å². The SMILES string of the molecule is NC(=O)C[C@@H](NC(=O)CNC(=O)[C@@H](CCCN=C(N)N)NC(=O)[C@@H](N)CS)C(=O)N[C@@H](CCCN=C(N)N)C(=O)NCC(=O)N1CCC[C@H]1C(=O)N[C@@H](CC(=O)O)C(=O)N[C@@H](CS)C(=O)O. The Kier molecular flexibility index (Phi) is 25.9. The Labute approximate surface area is 388 Å². The summed E-state index contributed by atoms with van der Waals surface area (Å²) in [4.78, 5) is 148. The van der Waals surface area contributed by atoms with Crippen molar-refractivity contribution in [2.75, 3.05) is 44.2 Å². The van der Waals surface area contributed by atoms with E-state index in [1.54, 1.807) is 0 Å². The minimum atomic E-state index is -1.73. The zero-order valence-corrected chi connectivity index (χ0v) is 37.5. The molecule has 66 heavy (non-hydrogen) atoms. The molecule has 9 amide bonds. The van der Waals surface area contributed by atoms with E-state index in [0.29, 0.717) is 0 Å². The quantitative estimate of drug-likeness (QED) is 0.0138. The number of primary amides is 1. The number of hydrogen-bond donors (Lipinski definition) is 17. The highest BCUT2D eigenvalue weighted by atomic mass is 32.1. The van der Waals surface area contributed by atoms with Crippen molar-refractivity contribution in [2.24, 2.45) is 44.4 Å². The fraction of sp³-hybridized carbons (Fsp3) is 0.629. The molecular weight excluding hydrogens is 917 g/mol. The number of guanidine groups is 2. The normalized spacial score (nSPS) is 15.7. The number of amides is 9. The number of nitrogens with zero attached hydrogens (tertiary/aromatic N) is 3. The average molecular weight is 977 g/mol. The van der Waals surface area contributed by atoms with Crippen molar-refractivity contribution in [2.45, 2.75) is 93.7 Å². The maximum atomic E-state index is 13.5. The van der Waals surface area contributed by atoms with Crippen LogP contribution < -0.4 is 71.6 Å². The third-order valence-electron chi connectivity index (χ3n) is 9.27. The van der Waals surface area contributed by atoms with Crippen LogP contribution in [-0.4, -0.2) is 179 Å². The minimum Gasteiger partial charge on any atom is -0.481 e. The van der Waals surface area contributed by atoms with Gasteiger partial charge in [0.2, 0.25) is 53.2 Å². The number of likely N-dealkylation sites (tertiary alicyclic amines) is 1. The van der Waals surface area contributed by atoms with Crippen molar-refractivity contribution in [3.63, 3.8) is 0 Å². The van der Waals surface area contributed by atoms with Gasteiger partial charge in [-0.3, -0.25) is 57.9 Å². The summed E-state index contributed by atoms with van der Waals surface area (Å²) in [6, 6.07) is -9.89. The molecule has 0 spiro atoms. The molecule has 0 aliphatic carbocycles. The second kappa shape index (κ2) is 29.7. The van der Waals surface area contributed by atoms with Crippen molar-refractivity contribution in [1.29, 1.82) is 0 Å². The van der Waals surface area contributed by atoms with Crippen molar-refractivity contribution >= 4 is 102 Å². The number of carboxylic acids is 2. The summed E-state index contributed by atoms with van der Waals surface area (Å²) in [7, 11) is 0. The molecule has 7 atom stereocenters. The second-order valence-electron chi connectivity index (χ2n) is 14.5. The Morgan fingerprint density at radius 2 is 1.12 bits per heavy atom. The molecule has 0 radical (unpaired) electrons. The predicted octanol–water partition coefficient (Wildman–Crippen LogP) is -8.64. The van der Waals surface area contributed by atoms with E-state index in [1.807, 2.05) is 0 Å². The lowest BCUT2D eigenvalue weighted by Gasteiger charge is -2.27. The maximum Gasteiger partial charge on any atom is 0.327 e. The molecular formula is C35H60N16O13S2. The molecule has 1 rings (SSSR count). The van der Waals surface area contributed by atoms with Crippen LogP contribution in [0.4, 0.5) is 0 Å². The highest BCUT2D eigenvalue weighted by Gasteiger charge is 2.37. The van der Waals surface area contributed by atoms with Crippen molar-refractivity contribution in [3.8, 4) is 0 Å². The molecule has 0 aromatic heterocycles. The van der Waals surface area contributed by atoms with Crippen LogP contribution in [0, 0.1) is 0 Å². The molecule has 1 aliphatic heterocycles. The van der Waals surface area contributed by atoms with Gasteiger partial charge in [-0.05, 0) is 38.5 Å². The van der Waals surface area contributed by atoms with Gasteiger partial charge in [0.25, 0.3) is 0 Å². The molecule has 21 N–H and O–H groups in total. The fourth-order valence-electron chi connectivity index (χ4n) is 5.96. The topological polar surface area (TPSA) is 497 Å². The van der Waals surface area contributed by atoms with Gasteiger partial charge in [-0.25, -0.2) is 4.79 Å². The van der Waals surface area contributed by atoms with Crippen LogP contribution in [-0.2, 0) is 52.7 Å². The van der Waals surface area contributed by atoms with Crippen molar-refractivity contribution < 1.29 is 63.0 Å². The smallest absolute Gasteiger partial charge is 0.327 e. The van der Waals surface area contributed by atoms with Gasteiger partial charge in [-0.15, -0.1) is 0 Å². The number of hydrogen-bond acceptors (Lipinski definition) is 16. The van der Waals surface area contributed by atoms with E-state index in [0.717, 1.165) is 4.90 Å². The van der Waals surface area contributed by atoms with Crippen molar-refractivity contribution in [1.82, 2.24) is 42.1 Å². The molecule has 0 aromatic carbocycles. The number of nitrogens with one attached hydrogen (secondary N) is 7. The van der Waals surface area contributed by atoms with Crippen LogP contribution in [0.1, 0.15) is 51.4 Å². The Bertz CT molecular complexity index is 1830. The van der Waals surface area contributed by atoms with Gasteiger partial charge in [0.1, 0.15) is 36.3 Å². The number of carboxylic acid groups (broad SMARTS) is 2. The van der Waals surface area contributed by atoms with Crippen LogP contribution in [0.15, 0.2) is 9.98 Å². The Morgan fingerprint density at radius 3 is 1.59 bits per heavy atom. The van der Waals surface area contributed by atoms with Gasteiger partial charge in [0.05, 0.1) is 32.0 Å². The van der Waals surface area contributed by atoms with Crippen molar-refractivity contribution in [3.05, 3.63) is 0 Å². The van der Waals surface area contributed by atoms with Gasteiger partial charge in [0, 0.05) is 31.1 Å². The first kappa shape index (κ1) is 57.4. The van der Waals surface area contributed by atoms with Crippen LogP contribution in [0.5, 0.6) is 0 Å². The number of nitrogens with two attached hydrogens (primary N) is 6. The summed E-state index contributed by atoms with van der Waals surface area (Å²) in [5.41, 5.74) is 32.4. The monoisotopic (exact) mass is 976 g/mol. The first-order valence-electron chi connectivity index (χ1n) is 20.2. The fourth-order valence-corrected chi connectivity index (χ4v) is 6.37. The summed E-state index contributed by atoms with van der Waals surface area (Å²) in [6.45, 7) is -1.41. The Balaban J connectivity index is 3.13. The minimum absolute atomic E-state index is 0.00982. The van der Waals surface area contributed by atoms with E-state index in [2.05, 4.69) is 72.5 Å². The van der Waals surface area contributed by atoms with Gasteiger partial charge < -0.3 is 86.7 Å². The largest absolute Gasteiger partial charge is 0.481 e. The highest BCUT2D eigenvalue weighted by molar-refractivity contribution is 7.80. The summed E-state index contributed by atoms with van der Waals surface area (Å²) in [5.74, 6) is -12.3. The van der Waals surface area contributed by atoms with E-state index in [4.69, 9.17) is 34.4 Å². The first-order valence-corrected chi connectivity index (χ1v) is 21.4. The standard InChI is InChI=1S/C35H60N16O13S2/c36-16(14-65)27(57)47-17(4-1-7-42-34(38)39)28(58)44-12-24(53)46-19(10-23(37)52)30(60)48-18(5-2-8-43-35(40)41)29(59)45-13-25(54)51-9-3-6-22(51)32(62)49-20(11-26(55)56)31(61)50-21(15-66)33(63)64/h16-22,65-66H,1-15,36H2,(H2,37,52)(H,44,58)(H,45,59)(H,46,53)(H,47,57)(H,48,60)(H,49,62)(H,50,61)(H,55,56)(H,63,64)(H4,38,39,42)(H4,40,41,43)/t16-,17+,18-,19+,20-,21-,22-/m0/s1. The van der Waals surface area contributed by atoms with Crippen LogP contribution >= 0.6 is 25.3 Å². The van der Waals surface area contributed by atoms with Crippen LogP contribution in [0.2, 0.25) is 0 Å². The number of carbonyl (C=O) groups is 11. The number of rotatable bonds is 30. The Morgan fingerprint density at radius 1 is 0.621 bits per heavy atom.